The van der Waals surface area contributed by atoms with Gasteiger partial charge in [-0.1, -0.05) is 6.08 Å². The lowest BCUT2D eigenvalue weighted by Crippen LogP contribution is -2.43. The number of amides is 1. The molecule has 0 fully saturated rings. The van der Waals surface area contributed by atoms with Crippen molar-refractivity contribution >= 4 is 21.9 Å². The Morgan fingerprint density at radius 1 is 1.24 bits per heavy atom. The molecule has 1 aromatic rings. The maximum atomic E-state index is 12.3. The predicted octanol–water partition coefficient (Wildman–Crippen LogP) is 0.596. The lowest BCUT2D eigenvalue weighted by atomic mass is 10.3. The fourth-order valence-electron chi connectivity index (χ4n) is 1.75. The first-order valence-electron chi connectivity index (χ1n) is 7.46. The van der Waals surface area contributed by atoms with Crippen molar-refractivity contribution in [2.45, 2.75) is 30.9 Å². The largest absolute Gasteiger partial charge is 0.497 e. The van der Waals surface area contributed by atoms with Gasteiger partial charge in [-0.3, -0.25) is 9.59 Å². The molecule has 0 saturated carbocycles. The molecular formula is C16H22N2O6S. The first kappa shape index (κ1) is 20.7. The van der Waals surface area contributed by atoms with Gasteiger partial charge < -0.3 is 14.8 Å². The molecule has 2 N–H and O–H groups in total. The van der Waals surface area contributed by atoms with Crippen LogP contribution in [0.4, 0.5) is 0 Å². The zero-order chi connectivity index (χ0) is 19.0. The van der Waals surface area contributed by atoms with Crippen LogP contribution in [-0.4, -0.2) is 46.1 Å². The van der Waals surface area contributed by atoms with E-state index < -0.39 is 34.0 Å². The molecule has 0 bridgehead atoms. The van der Waals surface area contributed by atoms with Crippen molar-refractivity contribution in [3.05, 3.63) is 36.9 Å². The zero-order valence-electron chi connectivity index (χ0n) is 14.3. The summed E-state index contributed by atoms with van der Waals surface area (Å²) in [5, 5.41) is 2.48. The van der Waals surface area contributed by atoms with Crippen LogP contribution in [0.25, 0.3) is 0 Å². The van der Waals surface area contributed by atoms with E-state index in [1.54, 1.807) is 0 Å². The standard InChI is InChI=1S/C16H22N2O6S/c1-5-10-17-15(19)12(3)24-16(20)11(2)18-25(21,22)14-8-6-13(23-4)7-9-14/h5-9,11-12,18H,1,10H2,2-4H3,(H,17,19)/t11-,12?/m0/s1. The van der Waals surface area contributed by atoms with Crippen molar-refractivity contribution < 1.29 is 27.5 Å². The number of nitrogens with one attached hydrogen (secondary N) is 2. The summed E-state index contributed by atoms with van der Waals surface area (Å²) < 4.78 is 36.6. The van der Waals surface area contributed by atoms with Crippen molar-refractivity contribution in [2.75, 3.05) is 13.7 Å². The number of esters is 1. The highest BCUT2D eigenvalue weighted by molar-refractivity contribution is 7.89. The summed E-state index contributed by atoms with van der Waals surface area (Å²) in [6, 6.07) is 4.52. The lowest BCUT2D eigenvalue weighted by Gasteiger charge is -2.17. The Kier molecular flexibility index (Phi) is 7.59. The van der Waals surface area contributed by atoms with Gasteiger partial charge in [0.2, 0.25) is 10.0 Å². The second kappa shape index (κ2) is 9.19. The van der Waals surface area contributed by atoms with Crippen molar-refractivity contribution in [3.63, 3.8) is 0 Å². The molecule has 1 unspecified atom stereocenters. The van der Waals surface area contributed by atoms with Gasteiger partial charge >= 0.3 is 5.97 Å². The molecule has 1 rings (SSSR count). The number of carbonyl (C=O) groups is 2. The summed E-state index contributed by atoms with van der Waals surface area (Å²) in [6.07, 6.45) is 0.429. The molecule has 1 aromatic carbocycles. The molecule has 138 valence electrons. The van der Waals surface area contributed by atoms with Crippen molar-refractivity contribution in [1.82, 2.24) is 10.0 Å². The number of benzene rings is 1. The molecule has 0 saturated heterocycles. The first-order chi connectivity index (χ1) is 11.7. The molecule has 0 aliphatic rings. The number of hydrogen-bond donors (Lipinski definition) is 2. The van der Waals surface area contributed by atoms with Gasteiger partial charge in [-0.05, 0) is 38.1 Å². The molecule has 9 heteroatoms. The maximum Gasteiger partial charge on any atom is 0.324 e. The van der Waals surface area contributed by atoms with Gasteiger partial charge in [0.15, 0.2) is 6.10 Å². The number of ether oxygens (including phenoxy) is 2. The van der Waals surface area contributed by atoms with Crippen LogP contribution in [0.1, 0.15) is 13.8 Å². The molecule has 8 nitrogen and oxygen atoms in total. The van der Waals surface area contributed by atoms with Crippen molar-refractivity contribution in [2.24, 2.45) is 0 Å². The van der Waals surface area contributed by atoms with E-state index in [1.807, 2.05) is 0 Å². The Labute approximate surface area is 147 Å². The minimum Gasteiger partial charge on any atom is -0.497 e. The van der Waals surface area contributed by atoms with Crippen LogP contribution in [0.2, 0.25) is 0 Å². The zero-order valence-corrected chi connectivity index (χ0v) is 15.1. The average Bonchev–Trinajstić information content (AvgIpc) is 2.59. The van der Waals surface area contributed by atoms with Gasteiger partial charge in [-0.2, -0.15) is 4.72 Å². The van der Waals surface area contributed by atoms with Crippen LogP contribution in [0.5, 0.6) is 5.75 Å². The van der Waals surface area contributed by atoms with E-state index >= 15 is 0 Å². The van der Waals surface area contributed by atoms with Gasteiger partial charge in [0.25, 0.3) is 5.91 Å². The minimum absolute atomic E-state index is 0.0234. The smallest absolute Gasteiger partial charge is 0.324 e. The minimum atomic E-state index is -3.92. The number of methoxy groups -OCH3 is 1. The molecule has 0 aromatic heterocycles. The number of hydrogen-bond acceptors (Lipinski definition) is 6. The second-order valence-electron chi connectivity index (χ2n) is 5.13. The Morgan fingerprint density at radius 3 is 2.36 bits per heavy atom. The van der Waals surface area contributed by atoms with E-state index in [-0.39, 0.29) is 11.4 Å². The third kappa shape index (κ3) is 6.20. The van der Waals surface area contributed by atoms with Crippen LogP contribution < -0.4 is 14.8 Å². The monoisotopic (exact) mass is 370 g/mol. The first-order valence-corrected chi connectivity index (χ1v) is 8.95. The van der Waals surface area contributed by atoms with E-state index in [1.165, 1.54) is 51.3 Å². The molecule has 25 heavy (non-hydrogen) atoms. The van der Waals surface area contributed by atoms with Gasteiger partial charge in [0, 0.05) is 6.54 Å². The normalized spacial score (nSPS) is 13.4. The molecule has 0 aliphatic carbocycles. The Balaban J connectivity index is 2.69. The van der Waals surface area contributed by atoms with Crippen LogP contribution in [0.15, 0.2) is 41.8 Å². The number of carbonyl (C=O) groups excluding carboxylic acids is 2. The SMILES string of the molecule is C=CCNC(=O)C(C)OC(=O)[C@H](C)NS(=O)(=O)c1ccc(OC)cc1. The van der Waals surface area contributed by atoms with E-state index in [9.17, 15) is 18.0 Å². The van der Waals surface area contributed by atoms with Crippen molar-refractivity contribution in [1.29, 1.82) is 0 Å². The van der Waals surface area contributed by atoms with Crippen LogP contribution in [-0.2, 0) is 24.3 Å². The molecular weight excluding hydrogens is 348 g/mol. The fraction of sp³-hybridized carbons (Fsp3) is 0.375. The number of sulfonamides is 1. The molecule has 0 heterocycles. The Morgan fingerprint density at radius 2 is 1.84 bits per heavy atom. The molecule has 0 spiro atoms. The van der Waals surface area contributed by atoms with Crippen molar-refractivity contribution in [3.8, 4) is 5.75 Å². The Hall–Kier alpha value is -2.39. The molecule has 2 atom stereocenters. The topological polar surface area (TPSA) is 111 Å². The van der Waals surface area contributed by atoms with E-state index in [0.717, 1.165) is 0 Å². The highest BCUT2D eigenvalue weighted by atomic mass is 32.2. The quantitative estimate of drug-likeness (QED) is 0.486. The second-order valence-corrected chi connectivity index (χ2v) is 6.85. The molecule has 1 amide bonds. The van der Waals surface area contributed by atoms with Crippen LogP contribution in [0.3, 0.4) is 0 Å². The van der Waals surface area contributed by atoms with Gasteiger partial charge in [0.05, 0.1) is 12.0 Å². The summed E-state index contributed by atoms with van der Waals surface area (Å²) >= 11 is 0. The summed E-state index contributed by atoms with van der Waals surface area (Å²) in [6.45, 7) is 6.41. The summed E-state index contributed by atoms with van der Waals surface area (Å²) in [5.41, 5.74) is 0. The van der Waals surface area contributed by atoms with Gasteiger partial charge in [-0.15, -0.1) is 6.58 Å². The highest BCUT2D eigenvalue weighted by Crippen LogP contribution is 2.15. The van der Waals surface area contributed by atoms with E-state index in [4.69, 9.17) is 9.47 Å². The van der Waals surface area contributed by atoms with E-state index in [0.29, 0.717) is 5.75 Å². The predicted molar refractivity (Wildman–Crippen MR) is 91.5 cm³/mol. The average molecular weight is 370 g/mol. The molecule has 0 aliphatic heterocycles. The van der Waals surface area contributed by atoms with Gasteiger partial charge in [-0.25, -0.2) is 8.42 Å². The lowest BCUT2D eigenvalue weighted by molar-refractivity contribution is -0.155. The highest BCUT2D eigenvalue weighted by Gasteiger charge is 2.26. The Bertz CT molecular complexity index is 715. The van der Waals surface area contributed by atoms with Crippen LogP contribution in [0, 0.1) is 0 Å². The third-order valence-electron chi connectivity index (χ3n) is 3.14. The summed E-state index contributed by atoms with van der Waals surface area (Å²) in [7, 11) is -2.46. The third-order valence-corrected chi connectivity index (χ3v) is 4.69. The van der Waals surface area contributed by atoms with Crippen LogP contribution >= 0.6 is 0 Å². The molecule has 0 radical (unpaired) electrons. The number of rotatable bonds is 9. The van der Waals surface area contributed by atoms with Gasteiger partial charge in [0.1, 0.15) is 11.8 Å². The maximum absolute atomic E-state index is 12.3. The van der Waals surface area contributed by atoms with E-state index in [2.05, 4.69) is 16.6 Å². The summed E-state index contributed by atoms with van der Waals surface area (Å²) in [5.74, 6) is -0.859. The summed E-state index contributed by atoms with van der Waals surface area (Å²) in [4.78, 5) is 23.6. The fourth-order valence-corrected chi connectivity index (χ4v) is 2.94.